The summed E-state index contributed by atoms with van der Waals surface area (Å²) < 4.78 is 5.07. The van der Waals surface area contributed by atoms with Crippen molar-refractivity contribution in [2.24, 2.45) is 0 Å². The molecule has 1 heterocycles. The predicted octanol–water partition coefficient (Wildman–Crippen LogP) is 1.93. The molecular weight excluding hydrogens is 216 g/mol. The van der Waals surface area contributed by atoms with Gasteiger partial charge in [-0.25, -0.2) is 0 Å². The van der Waals surface area contributed by atoms with Gasteiger partial charge in [-0.1, -0.05) is 6.07 Å². The fourth-order valence-electron chi connectivity index (χ4n) is 1.61. The Labute approximate surface area is 100.0 Å². The molecule has 2 N–H and O–H groups in total. The van der Waals surface area contributed by atoms with Crippen LogP contribution in [0.25, 0.3) is 10.9 Å². The number of amides is 1. The van der Waals surface area contributed by atoms with Crippen LogP contribution in [-0.2, 0) is 4.74 Å². The molecule has 0 bridgehead atoms. The van der Waals surface area contributed by atoms with Crippen LogP contribution < -0.4 is 5.32 Å². The molecule has 0 fully saturated rings. The van der Waals surface area contributed by atoms with Crippen molar-refractivity contribution in [1.29, 1.82) is 0 Å². The number of hydrogen-bond acceptors (Lipinski definition) is 2. The van der Waals surface area contributed by atoms with E-state index >= 15 is 0 Å². The van der Waals surface area contributed by atoms with E-state index < -0.39 is 0 Å². The van der Waals surface area contributed by atoms with Crippen LogP contribution in [0.5, 0.6) is 0 Å². The lowest BCUT2D eigenvalue weighted by Gasteiger charge is -2.10. The summed E-state index contributed by atoms with van der Waals surface area (Å²) in [6.45, 7) is 2.42. The van der Waals surface area contributed by atoms with Crippen LogP contribution in [-0.4, -0.2) is 30.6 Å². The highest BCUT2D eigenvalue weighted by molar-refractivity contribution is 5.97. The second-order valence-electron chi connectivity index (χ2n) is 4.04. The van der Waals surface area contributed by atoms with Gasteiger partial charge in [0, 0.05) is 30.9 Å². The molecule has 0 aliphatic heterocycles. The topological polar surface area (TPSA) is 54.1 Å². The lowest BCUT2D eigenvalue weighted by molar-refractivity contribution is 0.0870. The third-order valence-electron chi connectivity index (χ3n) is 2.77. The normalized spacial score (nSPS) is 12.6. The van der Waals surface area contributed by atoms with Gasteiger partial charge < -0.3 is 15.0 Å². The number of nitrogens with one attached hydrogen (secondary N) is 2. The van der Waals surface area contributed by atoms with E-state index in [1.54, 1.807) is 7.11 Å². The van der Waals surface area contributed by atoms with Gasteiger partial charge in [-0.05, 0) is 30.5 Å². The molecule has 0 spiro atoms. The van der Waals surface area contributed by atoms with Gasteiger partial charge in [0.15, 0.2) is 0 Å². The molecule has 90 valence electrons. The molecule has 2 aromatic rings. The number of aromatic amines is 1. The highest BCUT2D eigenvalue weighted by atomic mass is 16.5. The number of aromatic nitrogens is 1. The van der Waals surface area contributed by atoms with Gasteiger partial charge in [0.25, 0.3) is 5.91 Å². The molecule has 1 unspecified atom stereocenters. The maximum absolute atomic E-state index is 11.9. The Balaban J connectivity index is 2.08. The third-order valence-corrected chi connectivity index (χ3v) is 2.77. The van der Waals surface area contributed by atoms with Crippen molar-refractivity contribution in [1.82, 2.24) is 10.3 Å². The van der Waals surface area contributed by atoms with E-state index in [9.17, 15) is 4.79 Å². The fraction of sp³-hybridized carbons (Fsp3) is 0.308. The third kappa shape index (κ3) is 2.65. The number of methoxy groups -OCH3 is 1. The minimum atomic E-state index is -0.0783. The van der Waals surface area contributed by atoms with Crippen molar-refractivity contribution in [3.8, 4) is 0 Å². The average molecular weight is 232 g/mol. The van der Waals surface area contributed by atoms with Crippen LogP contribution in [0.2, 0.25) is 0 Å². The number of rotatable bonds is 4. The number of fused-ring (bicyclic) bond motifs is 1. The van der Waals surface area contributed by atoms with Gasteiger partial charge >= 0.3 is 0 Å². The minimum absolute atomic E-state index is 0.0215. The number of carbonyl (C=O) groups is 1. The van der Waals surface area contributed by atoms with E-state index in [4.69, 9.17) is 4.74 Å². The molecule has 1 amide bonds. The molecule has 0 aliphatic carbocycles. The maximum Gasteiger partial charge on any atom is 0.251 e. The first-order valence-corrected chi connectivity index (χ1v) is 5.59. The van der Waals surface area contributed by atoms with Gasteiger partial charge in [-0.15, -0.1) is 0 Å². The van der Waals surface area contributed by atoms with Gasteiger partial charge in [-0.2, -0.15) is 0 Å². The highest BCUT2D eigenvalue weighted by Gasteiger charge is 2.08. The first-order valence-electron chi connectivity index (χ1n) is 5.59. The smallest absolute Gasteiger partial charge is 0.251 e. The summed E-state index contributed by atoms with van der Waals surface area (Å²) in [6.07, 6.45) is 1.88. The molecule has 1 aromatic carbocycles. The lowest BCUT2D eigenvalue weighted by Crippen LogP contribution is -2.31. The highest BCUT2D eigenvalue weighted by Crippen LogP contribution is 2.13. The summed E-state index contributed by atoms with van der Waals surface area (Å²) in [7, 11) is 1.63. The first kappa shape index (κ1) is 11.7. The molecule has 0 aliphatic rings. The molecule has 1 atom stereocenters. The summed E-state index contributed by atoms with van der Waals surface area (Å²) in [5, 5.41) is 3.93. The summed E-state index contributed by atoms with van der Waals surface area (Å²) >= 11 is 0. The predicted molar refractivity (Wildman–Crippen MR) is 67.1 cm³/mol. The van der Waals surface area contributed by atoms with Crippen molar-refractivity contribution in [3.63, 3.8) is 0 Å². The number of ether oxygens (including phenoxy) is 1. The van der Waals surface area contributed by atoms with Gasteiger partial charge in [0.2, 0.25) is 0 Å². The van der Waals surface area contributed by atoms with Crippen LogP contribution in [0.3, 0.4) is 0 Å². The Morgan fingerprint density at radius 3 is 3.06 bits per heavy atom. The molecule has 4 nitrogen and oxygen atoms in total. The van der Waals surface area contributed by atoms with Crippen molar-refractivity contribution in [2.45, 2.75) is 13.0 Å². The Bertz CT molecular complexity index is 519. The molecule has 0 saturated carbocycles. The molecule has 17 heavy (non-hydrogen) atoms. The summed E-state index contributed by atoms with van der Waals surface area (Å²) in [6, 6.07) is 7.58. The average Bonchev–Trinajstić information content (AvgIpc) is 2.82. The zero-order valence-corrected chi connectivity index (χ0v) is 9.99. The zero-order valence-electron chi connectivity index (χ0n) is 9.99. The van der Waals surface area contributed by atoms with E-state index in [0.29, 0.717) is 12.1 Å². The monoisotopic (exact) mass is 232 g/mol. The van der Waals surface area contributed by atoms with Crippen molar-refractivity contribution < 1.29 is 9.53 Å². The number of hydrogen-bond donors (Lipinski definition) is 2. The quantitative estimate of drug-likeness (QED) is 0.846. The van der Waals surface area contributed by atoms with Crippen LogP contribution in [0.4, 0.5) is 0 Å². The van der Waals surface area contributed by atoms with Crippen LogP contribution in [0, 0.1) is 0 Å². The van der Waals surface area contributed by atoms with E-state index in [2.05, 4.69) is 10.3 Å². The molecular formula is C13H16N2O2. The Kier molecular flexibility index (Phi) is 3.44. The molecule has 0 radical (unpaired) electrons. The van der Waals surface area contributed by atoms with E-state index in [0.717, 1.165) is 10.9 Å². The van der Waals surface area contributed by atoms with Crippen molar-refractivity contribution >= 4 is 16.8 Å². The van der Waals surface area contributed by atoms with Gasteiger partial charge in [0.05, 0.1) is 6.10 Å². The molecule has 4 heteroatoms. The van der Waals surface area contributed by atoms with E-state index in [1.807, 2.05) is 37.4 Å². The Hall–Kier alpha value is -1.81. The van der Waals surface area contributed by atoms with E-state index in [1.165, 1.54) is 0 Å². The number of benzene rings is 1. The second-order valence-corrected chi connectivity index (χ2v) is 4.04. The molecule has 2 rings (SSSR count). The van der Waals surface area contributed by atoms with Crippen molar-refractivity contribution in [3.05, 3.63) is 36.0 Å². The standard InChI is InChI=1S/C13H16N2O2/c1-9(17-2)8-15-13(16)11-4-3-10-5-6-14-12(10)7-11/h3-7,9,14H,8H2,1-2H3,(H,15,16). The van der Waals surface area contributed by atoms with Crippen LogP contribution >= 0.6 is 0 Å². The Morgan fingerprint density at radius 2 is 2.29 bits per heavy atom. The van der Waals surface area contributed by atoms with Crippen LogP contribution in [0.15, 0.2) is 30.5 Å². The molecule has 1 aromatic heterocycles. The summed E-state index contributed by atoms with van der Waals surface area (Å²) in [4.78, 5) is 14.9. The number of carbonyl (C=O) groups excluding carboxylic acids is 1. The fourth-order valence-corrected chi connectivity index (χ4v) is 1.61. The maximum atomic E-state index is 11.9. The van der Waals surface area contributed by atoms with Crippen molar-refractivity contribution in [2.75, 3.05) is 13.7 Å². The SMILES string of the molecule is COC(C)CNC(=O)c1ccc2cc[nH]c2c1. The first-order chi connectivity index (χ1) is 8.20. The lowest BCUT2D eigenvalue weighted by atomic mass is 10.1. The summed E-state index contributed by atoms with van der Waals surface area (Å²) in [5.41, 5.74) is 1.63. The molecule has 0 saturated heterocycles. The number of H-pyrrole nitrogens is 1. The zero-order chi connectivity index (χ0) is 12.3. The summed E-state index contributed by atoms with van der Waals surface area (Å²) in [5.74, 6) is -0.0783. The minimum Gasteiger partial charge on any atom is -0.380 e. The van der Waals surface area contributed by atoms with Crippen LogP contribution in [0.1, 0.15) is 17.3 Å². The van der Waals surface area contributed by atoms with Gasteiger partial charge in [0.1, 0.15) is 0 Å². The van der Waals surface area contributed by atoms with E-state index in [-0.39, 0.29) is 12.0 Å². The largest absolute Gasteiger partial charge is 0.380 e. The second kappa shape index (κ2) is 5.01. The van der Waals surface area contributed by atoms with Gasteiger partial charge in [-0.3, -0.25) is 4.79 Å². The Morgan fingerprint density at radius 1 is 1.47 bits per heavy atom.